The predicted molar refractivity (Wildman–Crippen MR) is 148 cm³/mol. The summed E-state index contributed by atoms with van der Waals surface area (Å²) in [6.45, 7) is 5.32. The van der Waals surface area contributed by atoms with Gasteiger partial charge >= 0.3 is 5.76 Å². The number of halogens is 1. The quantitative estimate of drug-likeness (QED) is 0.377. The maximum atomic E-state index is 12.4. The number of fused-ring (bicyclic) bond motifs is 1. The number of sulfone groups is 1. The molecule has 6 rings (SSSR count). The standard InChI is InChI=1S/C26H30ClN7O4S/c1-15-3-5-17(6-4-15)13-34-23-20(30-25(34)33-7-8-39(36,37)14-16(33)2)10-21(24-31-26(35)38-32-24)29-22(23)18-9-19(27)12-28-11-18/h9-12,15-17H,3-8,13-14H2,1-2H3,(H,31,32,35)/t15?,16-,17?/m1/s1. The summed E-state index contributed by atoms with van der Waals surface area (Å²) in [5.74, 6) is 1.55. The summed E-state index contributed by atoms with van der Waals surface area (Å²) < 4.78 is 31.7. The zero-order valence-corrected chi connectivity index (χ0v) is 23.4. The fourth-order valence-electron chi connectivity index (χ4n) is 5.81. The number of hydrogen-bond donors (Lipinski definition) is 1. The second-order valence-corrected chi connectivity index (χ2v) is 13.5. The zero-order chi connectivity index (χ0) is 27.3. The van der Waals surface area contributed by atoms with Crippen molar-refractivity contribution in [3.05, 3.63) is 40.1 Å². The lowest BCUT2D eigenvalue weighted by Crippen LogP contribution is -2.48. The highest BCUT2D eigenvalue weighted by Gasteiger charge is 2.33. The van der Waals surface area contributed by atoms with E-state index < -0.39 is 15.6 Å². The van der Waals surface area contributed by atoms with E-state index in [0.717, 1.165) is 36.8 Å². The summed E-state index contributed by atoms with van der Waals surface area (Å²) in [7, 11) is -3.11. The normalized spacial score (nSPS) is 23.4. The monoisotopic (exact) mass is 571 g/mol. The molecule has 1 saturated heterocycles. The van der Waals surface area contributed by atoms with Crippen molar-refractivity contribution in [2.24, 2.45) is 11.8 Å². The van der Waals surface area contributed by atoms with Crippen molar-refractivity contribution < 1.29 is 12.9 Å². The number of H-pyrrole nitrogens is 1. The summed E-state index contributed by atoms with van der Waals surface area (Å²) in [5.41, 5.74) is 3.14. The van der Waals surface area contributed by atoms with Crippen LogP contribution in [0.3, 0.4) is 0 Å². The molecule has 0 spiro atoms. The number of nitrogens with zero attached hydrogens (tertiary/aromatic N) is 6. The van der Waals surface area contributed by atoms with Crippen molar-refractivity contribution in [3.8, 4) is 22.8 Å². The van der Waals surface area contributed by atoms with Crippen LogP contribution in [0.1, 0.15) is 39.5 Å². The summed E-state index contributed by atoms with van der Waals surface area (Å²) in [6, 6.07) is 3.33. The van der Waals surface area contributed by atoms with Gasteiger partial charge in [0.1, 0.15) is 5.69 Å². The summed E-state index contributed by atoms with van der Waals surface area (Å²) in [6.07, 6.45) is 7.84. The molecule has 0 unspecified atom stereocenters. The van der Waals surface area contributed by atoms with E-state index in [-0.39, 0.29) is 23.4 Å². The highest BCUT2D eigenvalue weighted by molar-refractivity contribution is 7.91. The van der Waals surface area contributed by atoms with Gasteiger partial charge in [-0.15, -0.1) is 0 Å². The Labute approximate surface area is 230 Å². The topological polar surface area (TPSA) is 140 Å². The molecule has 1 aliphatic heterocycles. The first-order valence-corrected chi connectivity index (χ1v) is 15.4. The van der Waals surface area contributed by atoms with Gasteiger partial charge in [0.05, 0.1) is 33.3 Å². The van der Waals surface area contributed by atoms with Gasteiger partial charge in [0, 0.05) is 37.1 Å². The molecule has 2 aliphatic rings. The van der Waals surface area contributed by atoms with Gasteiger partial charge in [-0.3, -0.25) is 14.5 Å². The Bertz CT molecular complexity index is 1690. The number of rotatable bonds is 5. The van der Waals surface area contributed by atoms with Gasteiger partial charge < -0.3 is 9.47 Å². The highest BCUT2D eigenvalue weighted by Crippen LogP contribution is 2.37. The Balaban J connectivity index is 1.57. The van der Waals surface area contributed by atoms with E-state index in [9.17, 15) is 13.2 Å². The smallest absolute Gasteiger partial charge is 0.337 e. The first-order chi connectivity index (χ1) is 18.7. The number of hydrogen-bond acceptors (Lipinski definition) is 9. The number of nitrogens with one attached hydrogen (secondary N) is 1. The lowest BCUT2D eigenvalue weighted by Gasteiger charge is -2.35. The third-order valence-electron chi connectivity index (χ3n) is 7.87. The van der Waals surface area contributed by atoms with Crippen LogP contribution in [0.5, 0.6) is 0 Å². The van der Waals surface area contributed by atoms with Crippen molar-refractivity contribution in [1.82, 2.24) is 29.7 Å². The largest absolute Gasteiger partial charge is 0.439 e. The molecule has 1 atom stereocenters. The fraction of sp³-hybridized carbons (Fsp3) is 0.500. The van der Waals surface area contributed by atoms with E-state index in [1.165, 1.54) is 12.8 Å². The summed E-state index contributed by atoms with van der Waals surface area (Å²) in [5, 5.41) is 4.30. The van der Waals surface area contributed by atoms with Crippen molar-refractivity contribution in [2.45, 2.75) is 52.1 Å². The van der Waals surface area contributed by atoms with Crippen LogP contribution in [0.2, 0.25) is 5.02 Å². The minimum Gasteiger partial charge on any atom is -0.337 e. The predicted octanol–water partition coefficient (Wildman–Crippen LogP) is 3.94. The van der Waals surface area contributed by atoms with Crippen LogP contribution in [0.25, 0.3) is 33.8 Å². The Morgan fingerprint density at radius 1 is 1.13 bits per heavy atom. The molecule has 11 nitrogen and oxygen atoms in total. The van der Waals surface area contributed by atoms with E-state index in [4.69, 9.17) is 26.1 Å². The number of imidazole rings is 1. The van der Waals surface area contributed by atoms with Gasteiger partial charge in [0.15, 0.2) is 9.84 Å². The van der Waals surface area contributed by atoms with Gasteiger partial charge in [0.2, 0.25) is 11.8 Å². The SMILES string of the molecule is CC1CCC(Cn2c(N3CCS(=O)(=O)C[C@H]3C)nc3cc(-c4noc(=O)[nH]4)nc(-c4cncc(Cl)c4)c32)CC1. The van der Waals surface area contributed by atoms with Crippen LogP contribution in [-0.4, -0.2) is 62.2 Å². The van der Waals surface area contributed by atoms with Gasteiger partial charge in [-0.1, -0.05) is 36.5 Å². The Morgan fingerprint density at radius 2 is 1.92 bits per heavy atom. The van der Waals surface area contributed by atoms with Crippen LogP contribution in [-0.2, 0) is 16.4 Å². The molecule has 0 amide bonds. The minimum absolute atomic E-state index is 0.0753. The van der Waals surface area contributed by atoms with Gasteiger partial charge in [-0.25, -0.2) is 23.2 Å². The molecule has 5 heterocycles. The van der Waals surface area contributed by atoms with Gasteiger partial charge in [-0.05, 0) is 43.7 Å². The first kappa shape index (κ1) is 26.0. The van der Waals surface area contributed by atoms with E-state index in [2.05, 4.69) is 31.5 Å². The van der Waals surface area contributed by atoms with E-state index in [1.54, 1.807) is 24.5 Å². The van der Waals surface area contributed by atoms with Crippen molar-refractivity contribution >= 4 is 38.4 Å². The van der Waals surface area contributed by atoms with Crippen molar-refractivity contribution in [3.63, 3.8) is 0 Å². The molecule has 1 saturated carbocycles. The zero-order valence-electron chi connectivity index (χ0n) is 21.8. The Kier molecular flexibility index (Phi) is 6.70. The molecule has 39 heavy (non-hydrogen) atoms. The second kappa shape index (κ2) is 10.1. The Morgan fingerprint density at radius 3 is 2.62 bits per heavy atom. The molecular formula is C26H30ClN7O4S. The van der Waals surface area contributed by atoms with Gasteiger partial charge in [0.25, 0.3) is 0 Å². The van der Waals surface area contributed by atoms with Crippen LogP contribution >= 0.6 is 11.6 Å². The molecule has 1 aliphatic carbocycles. The number of anilines is 1. The molecule has 1 N–H and O–H groups in total. The first-order valence-electron chi connectivity index (χ1n) is 13.2. The maximum Gasteiger partial charge on any atom is 0.439 e. The Hall–Kier alpha value is -3.25. The van der Waals surface area contributed by atoms with E-state index in [1.807, 2.05) is 6.92 Å². The third-order valence-corrected chi connectivity index (χ3v) is 9.87. The lowest BCUT2D eigenvalue weighted by molar-refractivity contribution is 0.266. The maximum absolute atomic E-state index is 12.4. The molecular weight excluding hydrogens is 542 g/mol. The number of aromatic amines is 1. The molecule has 4 aromatic rings. The summed E-state index contributed by atoms with van der Waals surface area (Å²) in [4.78, 5) is 30.6. The van der Waals surface area contributed by atoms with Crippen molar-refractivity contribution in [2.75, 3.05) is 23.0 Å². The van der Waals surface area contributed by atoms with Crippen LogP contribution in [0.15, 0.2) is 33.8 Å². The fourth-order valence-corrected chi connectivity index (χ4v) is 7.54. The lowest BCUT2D eigenvalue weighted by atomic mass is 9.83. The average molecular weight is 572 g/mol. The molecule has 0 radical (unpaired) electrons. The van der Waals surface area contributed by atoms with Crippen molar-refractivity contribution in [1.29, 1.82) is 0 Å². The average Bonchev–Trinajstić information content (AvgIpc) is 3.48. The van der Waals surface area contributed by atoms with E-state index >= 15 is 0 Å². The number of aromatic nitrogens is 6. The molecule has 206 valence electrons. The summed E-state index contributed by atoms with van der Waals surface area (Å²) >= 11 is 6.34. The van der Waals surface area contributed by atoms with Crippen LogP contribution < -0.4 is 10.7 Å². The highest BCUT2D eigenvalue weighted by atomic mass is 35.5. The molecule has 0 bridgehead atoms. The van der Waals surface area contributed by atoms with Crippen LogP contribution in [0, 0.1) is 11.8 Å². The molecule has 0 aromatic carbocycles. The number of pyridine rings is 2. The third kappa shape index (κ3) is 5.19. The minimum atomic E-state index is -3.11. The molecule has 4 aromatic heterocycles. The molecule has 13 heteroatoms. The van der Waals surface area contributed by atoms with E-state index in [0.29, 0.717) is 40.0 Å². The molecule has 2 fully saturated rings. The van der Waals surface area contributed by atoms with Crippen LogP contribution in [0.4, 0.5) is 5.95 Å². The van der Waals surface area contributed by atoms with Gasteiger partial charge in [-0.2, -0.15) is 0 Å². The second-order valence-electron chi connectivity index (χ2n) is 10.9.